The van der Waals surface area contributed by atoms with E-state index in [1.54, 1.807) is 0 Å². The Morgan fingerprint density at radius 3 is 1.16 bits per heavy atom. The minimum atomic E-state index is 0.650. The van der Waals surface area contributed by atoms with E-state index in [0.717, 1.165) is 49.8 Å². The lowest BCUT2D eigenvalue weighted by Gasteiger charge is -2.28. The lowest BCUT2D eigenvalue weighted by atomic mass is 9.56. The third-order valence-corrected chi connectivity index (χ3v) is 16.8. The second-order valence-corrected chi connectivity index (χ2v) is 19.7. The Kier molecular flexibility index (Phi) is 12.0. The summed E-state index contributed by atoms with van der Waals surface area (Å²) in [4.78, 5) is 16.8. The van der Waals surface area contributed by atoms with E-state index in [9.17, 15) is 0 Å². The molecule has 0 bridgehead atoms. The molecule has 67 heavy (non-hydrogen) atoms. The van der Waals surface area contributed by atoms with Gasteiger partial charge in [0.15, 0.2) is 17.5 Å². The van der Waals surface area contributed by atoms with Crippen molar-refractivity contribution < 1.29 is 4.42 Å². The van der Waals surface area contributed by atoms with Crippen molar-refractivity contribution >= 4 is 262 Å². The van der Waals surface area contributed by atoms with Crippen molar-refractivity contribution in [1.29, 1.82) is 0 Å². The summed E-state index contributed by atoms with van der Waals surface area (Å²) in [5, 5.41) is 2.24. The van der Waals surface area contributed by atoms with Gasteiger partial charge in [-0.3, -0.25) is 0 Å². The molecular formula is C45H47B18N3O. The Hall–Kier alpha value is -5.48. The summed E-state index contributed by atoms with van der Waals surface area (Å²) in [5.41, 5.74) is 35.5. The topological polar surface area (TPSA) is 51.8 Å². The lowest BCUT2D eigenvalue weighted by molar-refractivity contribution is 0.669. The quantitative estimate of drug-likeness (QED) is 0.157. The zero-order chi connectivity index (χ0) is 48.2. The van der Waals surface area contributed by atoms with E-state index < -0.39 is 0 Å². The van der Waals surface area contributed by atoms with E-state index in [4.69, 9.17) is 19.4 Å². The Bertz CT molecular complexity index is 3570. The van der Waals surface area contributed by atoms with Crippen LogP contribution < -0.4 is 98.3 Å². The maximum absolute atomic E-state index is 6.30. The van der Waals surface area contributed by atoms with E-state index in [0.29, 0.717) is 17.5 Å². The largest absolute Gasteiger partial charge is 0.456 e. The molecule has 0 unspecified atom stereocenters. The SMILES string of the molecule is Bc1c(B)c(B)c(-c2c(B)c(B)c(B)c(-c3nc(-c4ccc(-c5cccc6oc7ccccc7c56)cc4)nc(-c4c(B)c(B)c(B)c(B)c4-c4c(B)c(B)c(B)c(B)c4B)n3)c2B)c(B)c1B. The molecule has 2 heterocycles. The molecule has 0 aliphatic rings. The van der Waals surface area contributed by atoms with Gasteiger partial charge < -0.3 is 4.42 Å². The van der Waals surface area contributed by atoms with Crippen molar-refractivity contribution in [3.63, 3.8) is 0 Å². The van der Waals surface area contributed by atoms with Gasteiger partial charge in [0.1, 0.15) is 152 Å². The first-order valence-electron chi connectivity index (χ1n) is 23.9. The van der Waals surface area contributed by atoms with Gasteiger partial charge in [-0.05, 0) is 45.5 Å². The molecule has 9 aromatic rings. The molecule has 0 aliphatic heterocycles. The van der Waals surface area contributed by atoms with Crippen LogP contribution in [0.3, 0.4) is 0 Å². The Morgan fingerprint density at radius 2 is 0.627 bits per heavy atom. The standard InChI is InChI=1S/C45H47B18N3O/c46-25-21(22-30(51)38(59)42(63)39(60)31(22)52)29(50)34(55)33(54)24(25)45-65-43(13-10-8-12(9-11-13)14-5-3-7-17-18(14)15-4-1-2-6-16(15)67-17)64-44(66-45)23-19(26(47)35(56)40(61)32(23)53)20-27(48)36(57)41(62)37(58)28(20)49/h1-11H,46-63H2. The predicted octanol–water partition coefficient (Wildman–Crippen LogP) is -19.6. The van der Waals surface area contributed by atoms with E-state index in [1.165, 1.54) is 121 Å². The highest BCUT2D eigenvalue weighted by Gasteiger charge is 2.27. The molecular weight excluding hydrogens is 793 g/mol. The van der Waals surface area contributed by atoms with Gasteiger partial charge in [-0.25, -0.2) is 15.0 Å². The molecule has 22 heteroatoms. The van der Waals surface area contributed by atoms with Crippen LogP contribution in [-0.4, -0.2) is 156 Å². The number of benzene rings is 7. The first-order chi connectivity index (χ1) is 31.8. The van der Waals surface area contributed by atoms with Gasteiger partial charge >= 0.3 is 0 Å². The Balaban J connectivity index is 1.36. The van der Waals surface area contributed by atoms with Crippen LogP contribution in [0, 0.1) is 0 Å². The highest BCUT2D eigenvalue weighted by molar-refractivity contribution is 6.72. The zero-order valence-electron chi connectivity index (χ0n) is 43.1. The molecule has 0 saturated carbocycles. The van der Waals surface area contributed by atoms with Gasteiger partial charge in [0.05, 0.1) is 0 Å². The van der Waals surface area contributed by atoms with Crippen LogP contribution in [0.4, 0.5) is 0 Å². The molecule has 9 rings (SSSR count). The second kappa shape index (κ2) is 17.2. The fourth-order valence-corrected chi connectivity index (χ4v) is 11.3. The van der Waals surface area contributed by atoms with Crippen LogP contribution in [-0.2, 0) is 0 Å². The number of fused-ring (bicyclic) bond motifs is 3. The third-order valence-electron chi connectivity index (χ3n) is 16.8. The summed E-state index contributed by atoms with van der Waals surface area (Å²) in [6, 6.07) is 23.4. The first kappa shape index (κ1) is 46.6. The summed E-state index contributed by atoms with van der Waals surface area (Å²) < 4.78 is 6.30. The van der Waals surface area contributed by atoms with Gasteiger partial charge in [-0.1, -0.05) is 104 Å². The third kappa shape index (κ3) is 7.21. The van der Waals surface area contributed by atoms with Crippen LogP contribution >= 0.6 is 0 Å². The smallest absolute Gasteiger partial charge is 0.164 e. The van der Waals surface area contributed by atoms with E-state index in [-0.39, 0.29) is 0 Å². The zero-order valence-corrected chi connectivity index (χ0v) is 43.1. The summed E-state index contributed by atoms with van der Waals surface area (Å²) in [7, 11) is 40.9. The number of hydrogen-bond donors (Lipinski definition) is 0. The average molecular weight is 841 g/mol. The number of furan rings is 1. The molecule has 0 atom stereocenters. The molecule has 0 aliphatic carbocycles. The molecule has 0 saturated heterocycles. The second-order valence-electron chi connectivity index (χ2n) is 19.7. The van der Waals surface area contributed by atoms with Crippen LogP contribution in [0.15, 0.2) is 71.1 Å². The summed E-state index contributed by atoms with van der Waals surface area (Å²) in [6.45, 7) is 0. The molecule has 0 fully saturated rings. The van der Waals surface area contributed by atoms with Gasteiger partial charge in [0, 0.05) is 27.5 Å². The Morgan fingerprint density at radius 1 is 0.269 bits per heavy atom. The maximum atomic E-state index is 6.30. The van der Waals surface area contributed by atoms with Crippen molar-refractivity contribution in [2.45, 2.75) is 0 Å². The summed E-state index contributed by atoms with van der Waals surface area (Å²) in [6.07, 6.45) is 0. The summed E-state index contributed by atoms with van der Waals surface area (Å²) in [5.74, 6) is 2.04. The molecule has 0 radical (unpaired) electrons. The van der Waals surface area contributed by atoms with Gasteiger partial charge in [-0.2, -0.15) is 0 Å². The van der Waals surface area contributed by atoms with Crippen LogP contribution in [0.5, 0.6) is 0 Å². The van der Waals surface area contributed by atoms with Crippen molar-refractivity contribution in [2.24, 2.45) is 0 Å². The highest BCUT2D eigenvalue weighted by atomic mass is 16.3. The fourth-order valence-electron chi connectivity index (χ4n) is 11.3. The van der Waals surface area contributed by atoms with Crippen LogP contribution in [0.2, 0.25) is 0 Å². The van der Waals surface area contributed by atoms with E-state index in [2.05, 4.69) is 196 Å². The molecule has 7 aromatic carbocycles. The molecule has 0 N–H and O–H groups in total. The molecule has 2 aromatic heterocycles. The van der Waals surface area contributed by atoms with Crippen molar-refractivity contribution in [2.75, 3.05) is 0 Å². The van der Waals surface area contributed by atoms with Gasteiger partial charge in [0.2, 0.25) is 0 Å². The number of hydrogen-bond acceptors (Lipinski definition) is 4. The minimum absolute atomic E-state index is 0.650. The number of para-hydroxylation sites is 1. The summed E-state index contributed by atoms with van der Waals surface area (Å²) >= 11 is 0. The van der Waals surface area contributed by atoms with Crippen LogP contribution in [0.1, 0.15) is 0 Å². The number of rotatable bonds is 6. The monoisotopic (exact) mass is 844 g/mol. The maximum Gasteiger partial charge on any atom is 0.164 e. The molecule has 302 valence electrons. The average Bonchev–Trinajstić information content (AvgIpc) is 3.72. The molecule has 0 spiro atoms. The van der Waals surface area contributed by atoms with E-state index >= 15 is 0 Å². The van der Waals surface area contributed by atoms with Crippen LogP contribution in [0.25, 0.3) is 89.5 Å². The molecule has 4 nitrogen and oxygen atoms in total. The minimum Gasteiger partial charge on any atom is -0.456 e. The number of nitrogens with zero attached hydrogens (tertiary/aromatic N) is 3. The van der Waals surface area contributed by atoms with Crippen molar-refractivity contribution in [3.05, 3.63) is 66.7 Å². The van der Waals surface area contributed by atoms with Crippen molar-refractivity contribution in [1.82, 2.24) is 15.0 Å². The molecule has 0 amide bonds. The first-order valence-corrected chi connectivity index (χ1v) is 23.9. The van der Waals surface area contributed by atoms with Gasteiger partial charge in [-0.15, -0.1) is 49.2 Å². The highest BCUT2D eigenvalue weighted by Crippen LogP contribution is 2.37. The lowest BCUT2D eigenvalue weighted by Crippen LogP contribution is -2.57. The Labute approximate surface area is 412 Å². The van der Waals surface area contributed by atoms with Gasteiger partial charge in [0.25, 0.3) is 0 Å². The fraction of sp³-hybridized carbons (Fsp3) is 0. The predicted molar refractivity (Wildman–Crippen MR) is 347 cm³/mol. The number of aromatic nitrogens is 3. The normalized spacial score (nSPS) is 11.5. The van der Waals surface area contributed by atoms with E-state index in [1.807, 2.05) is 12.1 Å². The van der Waals surface area contributed by atoms with Crippen molar-refractivity contribution in [3.8, 4) is 67.5 Å².